The van der Waals surface area contributed by atoms with Crippen LogP contribution in [0.3, 0.4) is 0 Å². The van der Waals surface area contributed by atoms with Crippen LogP contribution in [0.15, 0.2) is 18.2 Å². The smallest absolute Gasteiger partial charge is 0.217 e. The zero-order valence-electron chi connectivity index (χ0n) is 10.5. The molecule has 1 atom stereocenters. The highest BCUT2D eigenvalue weighted by Crippen LogP contribution is 2.22. The molecule has 1 aliphatic heterocycles. The van der Waals surface area contributed by atoms with E-state index in [1.165, 1.54) is 0 Å². The van der Waals surface area contributed by atoms with Crippen molar-refractivity contribution >= 4 is 11.6 Å². The Bertz CT molecular complexity index is 448. The minimum Gasteiger partial charge on any atom is -0.506 e. The molecule has 2 rings (SSSR count). The summed E-state index contributed by atoms with van der Waals surface area (Å²) in [5, 5.41) is 12.3. The van der Waals surface area contributed by atoms with E-state index < -0.39 is 0 Å². The number of anilines is 1. The van der Waals surface area contributed by atoms with Crippen molar-refractivity contribution in [2.24, 2.45) is 0 Å². The molecule has 0 radical (unpaired) electrons. The normalized spacial score (nSPS) is 19.9. The molecule has 18 heavy (non-hydrogen) atoms. The van der Waals surface area contributed by atoms with E-state index >= 15 is 0 Å². The Morgan fingerprint density at radius 3 is 3.06 bits per heavy atom. The first-order chi connectivity index (χ1) is 8.54. The Kier molecular flexibility index (Phi) is 3.72. The zero-order chi connectivity index (χ0) is 13.1. The minimum atomic E-state index is 0.0238. The average molecular weight is 249 g/mol. The van der Waals surface area contributed by atoms with E-state index in [-0.39, 0.29) is 17.7 Å². The molecule has 1 aliphatic rings. The Morgan fingerprint density at radius 2 is 2.39 bits per heavy atom. The van der Waals surface area contributed by atoms with Gasteiger partial charge >= 0.3 is 0 Å². The van der Waals surface area contributed by atoms with Crippen molar-refractivity contribution in [2.45, 2.75) is 25.9 Å². The number of nitrogen functional groups attached to an aromatic ring is 1. The second kappa shape index (κ2) is 5.27. The lowest BCUT2D eigenvalue weighted by atomic mass is 10.2. The van der Waals surface area contributed by atoms with Crippen molar-refractivity contribution in [3.05, 3.63) is 23.8 Å². The molecule has 5 heteroatoms. The van der Waals surface area contributed by atoms with Gasteiger partial charge < -0.3 is 16.2 Å². The van der Waals surface area contributed by atoms with Gasteiger partial charge in [-0.05, 0) is 24.1 Å². The van der Waals surface area contributed by atoms with Crippen LogP contribution in [0.2, 0.25) is 0 Å². The molecule has 0 aromatic heterocycles. The van der Waals surface area contributed by atoms with Crippen LogP contribution in [0.4, 0.5) is 5.69 Å². The van der Waals surface area contributed by atoms with Crippen LogP contribution in [-0.4, -0.2) is 35.0 Å². The van der Waals surface area contributed by atoms with Gasteiger partial charge in [0.05, 0.1) is 5.69 Å². The number of carbonyl (C=O) groups is 1. The average Bonchev–Trinajstić information content (AvgIpc) is 2.70. The molecule has 4 N–H and O–H groups in total. The molecule has 1 aromatic rings. The van der Waals surface area contributed by atoms with Gasteiger partial charge in [-0.3, -0.25) is 9.69 Å². The number of benzene rings is 1. The van der Waals surface area contributed by atoms with Crippen LogP contribution in [0.1, 0.15) is 18.9 Å². The minimum absolute atomic E-state index is 0.0238. The van der Waals surface area contributed by atoms with Gasteiger partial charge in [0, 0.05) is 32.6 Å². The van der Waals surface area contributed by atoms with Crippen LogP contribution >= 0.6 is 0 Å². The molecule has 1 saturated heterocycles. The molecule has 1 unspecified atom stereocenters. The number of hydrogen-bond donors (Lipinski definition) is 3. The molecule has 0 saturated carbocycles. The molecular weight excluding hydrogens is 230 g/mol. The molecule has 1 aromatic carbocycles. The molecule has 0 bridgehead atoms. The van der Waals surface area contributed by atoms with Gasteiger partial charge in [-0.15, -0.1) is 0 Å². The van der Waals surface area contributed by atoms with Crippen molar-refractivity contribution < 1.29 is 9.90 Å². The highest BCUT2D eigenvalue weighted by Gasteiger charge is 2.22. The highest BCUT2D eigenvalue weighted by molar-refractivity contribution is 5.73. The Morgan fingerprint density at radius 1 is 1.61 bits per heavy atom. The fourth-order valence-corrected chi connectivity index (χ4v) is 2.34. The van der Waals surface area contributed by atoms with Gasteiger partial charge in [0.15, 0.2) is 0 Å². The zero-order valence-corrected chi connectivity index (χ0v) is 10.5. The number of amides is 1. The van der Waals surface area contributed by atoms with Gasteiger partial charge in [-0.25, -0.2) is 0 Å². The van der Waals surface area contributed by atoms with Crippen LogP contribution in [-0.2, 0) is 11.3 Å². The molecule has 1 amide bonds. The summed E-state index contributed by atoms with van der Waals surface area (Å²) in [6.45, 7) is 4.16. The predicted octanol–water partition coefficient (Wildman–Crippen LogP) is 0.685. The van der Waals surface area contributed by atoms with Crippen LogP contribution in [0.25, 0.3) is 0 Å². The molecular formula is C13H19N3O2. The van der Waals surface area contributed by atoms with Gasteiger partial charge in [-0.1, -0.05) is 6.07 Å². The summed E-state index contributed by atoms with van der Waals surface area (Å²) in [7, 11) is 0. The number of nitrogens with one attached hydrogen (secondary N) is 1. The Balaban J connectivity index is 1.91. The number of phenolic OH excluding ortho intramolecular Hbond substituents is 1. The number of nitrogens with zero attached hydrogens (tertiary/aromatic N) is 1. The van der Waals surface area contributed by atoms with E-state index in [1.807, 2.05) is 6.07 Å². The topological polar surface area (TPSA) is 78.6 Å². The van der Waals surface area contributed by atoms with E-state index in [9.17, 15) is 9.90 Å². The molecule has 1 fully saturated rings. The third-order valence-electron chi connectivity index (χ3n) is 3.18. The van der Waals surface area contributed by atoms with Gasteiger partial charge in [0.25, 0.3) is 0 Å². The van der Waals surface area contributed by atoms with E-state index in [1.54, 1.807) is 19.1 Å². The Labute approximate surface area is 107 Å². The van der Waals surface area contributed by atoms with Crippen molar-refractivity contribution in [2.75, 3.05) is 18.8 Å². The van der Waals surface area contributed by atoms with Crippen LogP contribution in [0.5, 0.6) is 5.75 Å². The molecule has 5 nitrogen and oxygen atoms in total. The first-order valence-corrected chi connectivity index (χ1v) is 6.11. The number of nitrogens with two attached hydrogens (primary N) is 1. The number of phenols is 1. The third kappa shape index (κ3) is 3.13. The monoisotopic (exact) mass is 249 g/mol. The van der Waals surface area contributed by atoms with Crippen LogP contribution in [0, 0.1) is 0 Å². The second-order valence-corrected chi connectivity index (χ2v) is 4.81. The first kappa shape index (κ1) is 12.7. The quantitative estimate of drug-likeness (QED) is 0.544. The fraction of sp³-hybridized carbons (Fsp3) is 0.462. The number of hydrogen-bond acceptors (Lipinski definition) is 4. The predicted molar refractivity (Wildman–Crippen MR) is 70.0 cm³/mol. The van der Waals surface area contributed by atoms with Crippen molar-refractivity contribution in [3.63, 3.8) is 0 Å². The second-order valence-electron chi connectivity index (χ2n) is 4.81. The van der Waals surface area contributed by atoms with Gasteiger partial charge in [-0.2, -0.15) is 0 Å². The maximum atomic E-state index is 11.0. The molecule has 0 spiro atoms. The molecule has 1 heterocycles. The summed E-state index contributed by atoms with van der Waals surface area (Å²) in [4.78, 5) is 13.2. The highest BCUT2D eigenvalue weighted by atomic mass is 16.3. The van der Waals surface area contributed by atoms with E-state index in [2.05, 4.69) is 10.2 Å². The van der Waals surface area contributed by atoms with Gasteiger partial charge in [0.2, 0.25) is 5.91 Å². The summed E-state index contributed by atoms with van der Waals surface area (Å²) in [6.07, 6.45) is 0.979. The van der Waals surface area contributed by atoms with Crippen molar-refractivity contribution in [3.8, 4) is 5.75 Å². The van der Waals surface area contributed by atoms with Crippen LogP contribution < -0.4 is 11.1 Å². The number of aromatic hydroxyl groups is 1. The lowest BCUT2D eigenvalue weighted by Crippen LogP contribution is -2.35. The van der Waals surface area contributed by atoms with Gasteiger partial charge in [0.1, 0.15) is 5.75 Å². The van der Waals surface area contributed by atoms with E-state index in [4.69, 9.17) is 5.73 Å². The molecule has 0 aliphatic carbocycles. The van der Waals surface area contributed by atoms with E-state index in [0.29, 0.717) is 5.69 Å². The van der Waals surface area contributed by atoms with Crippen molar-refractivity contribution in [1.29, 1.82) is 0 Å². The van der Waals surface area contributed by atoms with Crippen molar-refractivity contribution in [1.82, 2.24) is 10.2 Å². The van der Waals surface area contributed by atoms with E-state index in [0.717, 1.165) is 31.6 Å². The summed E-state index contributed by atoms with van der Waals surface area (Å²) in [6, 6.07) is 5.53. The standard InChI is InChI=1S/C13H19N3O2/c1-9(17)15-11-4-5-16(8-11)7-10-2-3-13(18)12(14)6-10/h2-3,6,11,18H,4-5,7-8,14H2,1H3,(H,15,17). The number of carbonyl (C=O) groups excluding carboxylic acids is 1. The number of rotatable bonds is 3. The number of likely N-dealkylation sites (tertiary alicyclic amines) is 1. The summed E-state index contributed by atoms with van der Waals surface area (Å²) in [5.74, 6) is 0.145. The maximum Gasteiger partial charge on any atom is 0.217 e. The molecule has 98 valence electrons. The first-order valence-electron chi connectivity index (χ1n) is 6.11. The fourth-order valence-electron chi connectivity index (χ4n) is 2.34. The Hall–Kier alpha value is -1.75. The summed E-state index contributed by atoms with van der Waals surface area (Å²) >= 11 is 0. The lowest BCUT2D eigenvalue weighted by molar-refractivity contribution is -0.119. The summed E-state index contributed by atoms with van der Waals surface area (Å²) in [5.41, 5.74) is 7.15. The maximum absolute atomic E-state index is 11.0. The third-order valence-corrected chi connectivity index (χ3v) is 3.18. The largest absolute Gasteiger partial charge is 0.506 e. The lowest BCUT2D eigenvalue weighted by Gasteiger charge is -2.16. The SMILES string of the molecule is CC(=O)NC1CCN(Cc2ccc(O)c(N)c2)C1. The summed E-state index contributed by atoms with van der Waals surface area (Å²) < 4.78 is 0.